The molecule has 0 radical (unpaired) electrons. The molecule has 5 heteroatoms. The van der Waals surface area contributed by atoms with E-state index in [9.17, 15) is 4.79 Å². The number of carbonyl (C=O) groups excluding carboxylic acids is 1. The molecule has 2 aromatic rings. The summed E-state index contributed by atoms with van der Waals surface area (Å²) in [7, 11) is 0. The summed E-state index contributed by atoms with van der Waals surface area (Å²) in [5.41, 5.74) is 3.68. The Morgan fingerprint density at radius 2 is 2.04 bits per heavy atom. The molecule has 26 heavy (non-hydrogen) atoms. The topological polar surface area (TPSA) is 59.6 Å². The lowest BCUT2D eigenvalue weighted by atomic mass is 9.87. The van der Waals surface area contributed by atoms with Crippen molar-refractivity contribution in [3.05, 3.63) is 59.2 Å². The molecule has 136 valence electrons. The molecule has 1 aliphatic carbocycles. The lowest BCUT2D eigenvalue weighted by Gasteiger charge is -2.27. The van der Waals surface area contributed by atoms with E-state index in [1.165, 1.54) is 11.1 Å². The van der Waals surface area contributed by atoms with Gasteiger partial charge in [-0.15, -0.1) is 0 Å². The quantitative estimate of drug-likeness (QED) is 0.868. The van der Waals surface area contributed by atoms with Crippen LogP contribution in [0.4, 0.5) is 0 Å². The van der Waals surface area contributed by atoms with E-state index in [2.05, 4.69) is 28.8 Å². The number of carbonyl (C=O) groups is 1. The Bertz CT molecular complexity index is 806. The van der Waals surface area contributed by atoms with E-state index in [0.29, 0.717) is 6.54 Å². The molecule has 2 atom stereocenters. The van der Waals surface area contributed by atoms with Crippen LogP contribution in [0.5, 0.6) is 11.5 Å². The Kier molecular flexibility index (Phi) is 4.80. The second kappa shape index (κ2) is 7.38. The number of hydrogen-bond donors (Lipinski definition) is 2. The normalized spacial score (nSPS) is 18.9. The van der Waals surface area contributed by atoms with Crippen LogP contribution in [-0.2, 0) is 17.8 Å². The number of nitrogens with one attached hydrogen (secondary N) is 2. The van der Waals surface area contributed by atoms with Crippen molar-refractivity contribution >= 4 is 5.91 Å². The molecular formula is C21H24N2O3. The zero-order valence-electron chi connectivity index (χ0n) is 15.0. The van der Waals surface area contributed by atoms with Crippen LogP contribution in [0.25, 0.3) is 0 Å². The van der Waals surface area contributed by atoms with E-state index in [1.54, 1.807) is 0 Å². The Morgan fingerprint density at radius 1 is 1.19 bits per heavy atom. The zero-order valence-corrected chi connectivity index (χ0v) is 15.0. The van der Waals surface area contributed by atoms with Crippen molar-refractivity contribution in [3.8, 4) is 11.5 Å². The van der Waals surface area contributed by atoms with E-state index < -0.39 is 0 Å². The van der Waals surface area contributed by atoms with Gasteiger partial charge < -0.3 is 20.1 Å². The third kappa shape index (κ3) is 3.53. The molecule has 0 fully saturated rings. The highest BCUT2D eigenvalue weighted by molar-refractivity contribution is 5.81. The highest BCUT2D eigenvalue weighted by Gasteiger charge is 2.23. The number of fused-ring (bicyclic) bond motifs is 2. The first-order valence-corrected chi connectivity index (χ1v) is 9.21. The molecule has 2 aromatic carbocycles. The summed E-state index contributed by atoms with van der Waals surface area (Å²) in [6.45, 7) is 2.78. The fourth-order valence-corrected chi connectivity index (χ4v) is 3.62. The van der Waals surface area contributed by atoms with Gasteiger partial charge in [0.05, 0.1) is 12.1 Å². The highest BCUT2D eigenvalue weighted by Crippen LogP contribution is 2.32. The van der Waals surface area contributed by atoms with Crippen LogP contribution in [0, 0.1) is 0 Å². The van der Waals surface area contributed by atoms with E-state index in [1.807, 2.05) is 31.2 Å². The first kappa shape index (κ1) is 16.9. The minimum Gasteiger partial charge on any atom is -0.454 e. The maximum atomic E-state index is 12.6. The fraction of sp³-hybridized carbons (Fsp3) is 0.381. The predicted octanol–water partition coefficient (Wildman–Crippen LogP) is 3.09. The minimum atomic E-state index is -0.269. The first-order chi connectivity index (χ1) is 12.7. The summed E-state index contributed by atoms with van der Waals surface area (Å²) in [4.78, 5) is 12.6. The van der Waals surface area contributed by atoms with Crippen molar-refractivity contribution in [2.24, 2.45) is 0 Å². The van der Waals surface area contributed by atoms with E-state index in [4.69, 9.17) is 9.47 Å². The van der Waals surface area contributed by atoms with E-state index >= 15 is 0 Å². The van der Waals surface area contributed by atoms with Crippen molar-refractivity contribution in [1.82, 2.24) is 10.6 Å². The third-order valence-corrected chi connectivity index (χ3v) is 5.13. The van der Waals surface area contributed by atoms with Gasteiger partial charge in [-0.2, -0.15) is 0 Å². The van der Waals surface area contributed by atoms with Gasteiger partial charge in [-0.05, 0) is 55.0 Å². The van der Waals surface area contributed by atoms with Crippen LogP contribution in [0.2, 0.25) is 0 Å². The summed E-state index contributed by atoms with van der Waals surface area (Å²) < 4.78 is 10.7. The van der Waals surface area contributed by atoms with Gasteiger partial charge in [-0.3, -0.25) is 4.79 Å². The molecular weight excluding hydrogens is 328 g/mol. The van der Waals surface area contributed by atoms with Crippen molar-refractivity contribution in [2.75, 3.05) is 6.79 Å². The Morgan fingerprint density at radius 3 is 2.96 bits per heavy atom. The molecule has 0 aromatic heterocycles. The fourth-order valence-electron chi connectivity index (χ4n) is 3.62. The third-order valence-electron chi connectivity index (χ3n) is 5.13. The van der Waals surface area contributed by atoms with Crippen LogP contribution in [0.3, 0.4) is 0 Å². The van der Waals surface area contributed by atoms with E-state index in [0.717, 1.165) is 36.3 Å². The van der Waals surface area contributed by atoms with Gasteiger partial charge in [0.25, 0.3) is 0 Å². The second-order valence-corrected chi connectivity index (χ2v) is 6.94. The van der Waals surface area contributed by atoms with Gasteiger partial charge in [0.1, 0.15) is 0 Å². The van der Waals surface area contributed by atoms with Gasteiger partial charge >= 0.3 is 0 Å². The standard InChI is InChI=1S/C21H24N2O3/c1-14(22-12-15-9-10-19-20(11-15)26-13-25-19)21(24)23-18-8-4-6-16-5-2-3-7-17(16)18/h2-3,5,7,9-11,14,18,22H,4,6,8,12-13H2,1H3,(H,23,24)/t14-,18+/m1/s1. The molecule has 2 aliphatic rings. The number of aryl methyl sites for hydroxylation is 1. The summed E-state index contributed by atoms with van der Waals surface area (Å²) in [5, 5.41) is 6.50. The lowest BCUT2D eigenvalue weighted by molar-refractivity contribution is -0.123. The van der Waals surface area contributed by atoms with Gasteiger partial charge in [-0.25, -0.2) is 0 Å². The molecule has 2 N–H and O–H groups in total. The largest absolute Gasteiger partial charge is 0.454 e. The van der Waals surface area contributed by atoms with Crippen LogP contribution in [0.15, 0.2) is 42.5 Å². The van der Waals surface area contributed by atoms with Crippen molar-refractivity contribution in [2.45, 2.75) is 44.8 Å². The molecule has 0 saturated carbocycles. The molecule has 4 rings (SSSR count). The van der Waals surface area contributed by atoms with Gasteiger partial charge in [0.15, 0.2) is 11.5 Å². The predicted molar refractivity (Wildman–Crippen MR) is 99.1 cm³/mol. The Hall–Kier alpha value is -2.53. The van der Waals surface area contributed by atoms with Gasteiger partial charge in [-0.1, -0.05) is 30.3 Å². The SMILES string of the molecule is C[C@@H](NCc1ccc2c(c1)OCO2)C(=O)N[C@H]1CCCc2ccccc21. The van der Waals surface area contributed by atoms with Crippen molar-refractivity contribution in [1.29, 1.82) is 0 Å². The number of amides is 1. The zero-order chi connectivity index (χ0) is 17.9. The van der Waals surface area contributed by atoms with Crippen molar-refractivity contribution in [3.63, 3.8) is 0 Å². The molecule has 0 unspecified atom stereocenters. The van der Waals surface area contributed by atoms with Gasteiger partial charge in [0.2, 0.25) is 12.7 Å². The number of benzene rings is 2. The summed E-state index contributed by atoms with van der Waals surface area (Å²) in [6.07, 6.45) is 3.21. The number of hydrogen-bond acceptors (Lipinski definition) is 4. The van der Waals surface area contributed by atoms with Crippen LogP contribution < -0.4 is 20.1 Å². The minimum absolute atomic E-state index is 0.0347. The van der Waals surface area contributed by atoms with Crippen molar-refractivity contribution < 1.29 is 14.3 Å². The van der Waals surface area contributed by atoms with Gasteiger partial charge in [0, 0.05) is 6.54 Å². The first-order valence-electron chi connectivity index (χ1n) is 9.21. The highest BCUT2D eigenvalue weighted by atomic mass is 16.7. The Labute approximate surface area is 153 Å². The van der Waals surface area contributed by atoms with Crippen LogP contribution >= 0.6 is 0 Å². The average molecular weight is 352 g/mol. The monoisotopic (exact) mass is 352 g/mol. The maximum Gasteiger partial charge on any atom is 0.237 e. The average Bonchev–Trinajstić information content (AvgIpc) is 3.14. The number of ether oxygens (including phenoxy) is 2. The molecule has 0 bridgehead atoms. The summed E-state index contributed by atoms with van der Waals surface area (Å²) >= 11 is 0. The molecule has 1 amide bonds. The molecule has 5 nitrogen and oxygen atoms in total. The molecule has 1 heterocycles. The van der Waals surface area contributed by atoms with Crippen LogP contribution in [0.1, 0.15) is 42.5 Å². The maximum absolute atomic E-state index is 12.6. The molecule has 0 saturated heterocycles. The summed E-state index contributed by atoms with van der Waals surface area (Å²) in [5.74, 6) is 1.57. The van der Waals surface area contributed by atoms with Crippen LogP contribution in [-0.4, -0.2) is 18.7 Å². The second-order valence-electron chi connectivity index (χ2n) is 6.94. The number of rotatable bonds is 5. The smallest absolute Gasteiger partial charge is 0.237 e. The molecule has 1 aliphatic heterocycles. The van der Waals surface area contributed by atoms with E-state index in [-0.39, 0.29) is 24.8 Å². The Balaban J connectivity index is 1.34. The molecule has 0 spiro atoms. The summed E-state index contributed by atoms with van der Waals surface area (Å²) in [6, 6.07) is 14.1. The lowest BCUT2D eigenvalue weighted by Crippen LogP contribution is -2.43.